The fourth-order valence-corrected chi connectivity index (χ4v) is 2.94. The molecule has 0 saturated carbocycles. The van der Waals surface area contributed by atoms with Gasteiger partial charge in [-0.15, -0.1) is 11.3 Å². The molecule has 0 fully saturated rings. The number of carbonyl (C=O) groups is 1. The van der Waals surface area contributed by atoms with E-state index in [9.17, 15) is 14.4 Å². The first kappa shape index (κ1) is 14.3. The molecule has 9 heteroatoms. The Kier molecular flexibility index (Phi) is 3.63. The maximum Gasteiger partial charge on any atom is 0.328 e. The van der Waals surface area contributed by atoms with Crippen molar-refractivity contribution in [3.8, 4) is 0 Å². The Morgan fingerprint density at radius 3 is 2.95 bits per heavy atom. The van der Waals surface area contributed by atoms with Gasteiger partial charge < -0.3 is 10.3 Å². The summed E-state index contributed by atoms with van der Waals surface area (Å²) in [6.45, 7) is 0.273. The summed E-state index contributed by atoms with van der Waals surface area (Å²) < 4.78 is 3.03. The third-order valence-electron chi connectivity index (χ3n) is 3.27. The zero-order valence-corrected chi connectivity index (χ0v) is 12.5. The SMILES string of the molecule is Cn1nccc1C(=O)NCCn1c(=O)[nH]c2ccsc2c1=O. The number of aryl methyl sites for hydroxylation is 1. The minimum absolute atomic E-state index is 0.103. The van der Waals surface area contributed by atoms with Crippen molar-refractivity contribution in [2.45, 2.75) is 6.54 Å². The molecule has 8 nitrogen and oxygen atoms in total. The molecule has 0 spiro atoms. The van der Waals surface area contributed by atoms with Gasteiger partial charge in [0.15, 0.2) is 0 Å². The van der Waals surface area contributed by atoms with Crippen LogP contribution in [0, 0.1) is 0 Å². The Bertz CT molecular complexity index is 948. The highest BCUT2D eigenvalue weighted by Crippen LogP contribution is 2.11. The fourth-order valence-electron chi connectivity index (χ4n) is 2.14. The molecule has 3 rings (SSSR count). The van der Waals surface area contributed by atoms with Gasteiger partial charge in [-0.2, -0.15) is 5.10 Å². The molecule has 0 aromatic carbocycles. The second-order valence-corrected chi connectivity index (χ2v) is 5.56. The van der Waals surface area contributed by atoms with E-state index < -0.39 is 5.69 Å². The van der Waals surface area contributed by atoms with Crippen LogP contribution in [0.4, 0.5) is 0 Å². The van der Waals surface area contributed by atoms with Crippen molar-refractivity contribution in [1.29, 1.82) is 0 Å². The molecule has 0 saturated heterocycles. The van der Waals surface area contributed by atoms with Crippen molar-refractivity contribution in [3.63, 3.8) is 0 Å². The van der Waals surface area contributed by atoms with Crippen LogP contribution in [0.2, 0.25) is 0 Å². The summed E-state index contributed by atoms with van der Waals surface area (Å²) in [5, 5.41) is 8.32. The second kappa shape index (κ2) is 5.60. The zero-order chi connectivity index (χ0) is 15.7. The fraction of sp³-hybridized carbons (Fsp3) is 0.231. The maximum atomic E-state index is 12.2. The third-order valence-corrected chi connectivity index (χ3v) is 4.17. The molecule has 3 heterocycles. The maximum absolute atomic E-state index is 12.2. The number of nitrogens with zero attached hydrogens (tertiary/aromatic N) is 3. The largest absolute Gasteiger partial charge is 0.349 e. The molecule has 0 aliphatic rings. The standard InChI is InChI=1S/C13H13N5O3S/c1-17-9(2-4-15-17)11(19)14-5-6-18-12(20)10-8(3-7-22-10)16-13(18)21/h2-4,7H,5-6H2,1H3,(H,14,19)(H,16,21). The molecular weight excluding hydrogens is 306 g/mol. The number of rotatable bonds is 4. The van der Waals surface area contributed by atoms with E-state index in [0.717, 1.165) is 4.57 Å². The zero-order valence-electron chi connectivity index (χ0n) is 11.7. The number of carbonyl (C=O) groups excluding carboxylic acids is 1. The average Bonchev–Trinajstić information content (AvgIpc) is 3.10. The van der Waals surface area contributed by atoms with Crippen molar-refractivity contribution in [2.75, 3.05) is 6.54 Å². The molecule has 0 atom stereocenters. The lowest BCUT2D eigenvalue weighted by Crippen LogP contribution is -2.39. The summed E-state index contributed by atoms with van der Waals surface area (Å²) in [4.78, 5) is 38.7. The normalized spacial score (nSPS) is 11.0. The van der Waals surface area contributed by atoms with Crippen LogP contribution in [0.15, 0.2) is 33.3 Å². The van der Waals surface area contributed by atoms with Crippen LogP contribution in [0.3, 0.4) is 0 Å². The lowest BCUT2D eigenvalue weighted by Gasteiger charge is -2.07. The number of aromatic nitrogens is 4. The number of aromatic amines is 1. The summed E-state index contributed by atoms with van der Waals surface area (Å²) in [7, 11) is 1.66. The van der Waals surface area contributed by atoms with Crippen LogP contribution >= 0.6 is 11.3 Å². The summed E-state index contributed by atoms with van der Waals surface area (Å²) in [5.41, 5.74) is 0.124. The highest BCUT2D eigenvalue weighted by Gasteiger charge is 2.11. The Morgan fingerprint density at radius 2 is 2.23 bits per heavy atom. The van der Waals surface area contributed by atoms with E-state index >= 15 is 0 Å². The summed E-state index contributed by atoms with van der Waals surface area (Å²) in [6, 6.07) is 3.28. The van der Waals surface area contributed by atoms with E-state index in [2.05, 4.69) is 15.4 Å². The van der Waals surface area contributed by atoms with Crippen molar-refractivity contribution in [1.82, 2.24) is 24.6 Å². The predicted molar refractivity (Wildman–Crippen MR) is 82.2 cm³/mol. The number of fused-ring (bicyclic) bond motifs is 1. The molecule has 22 heavy (non-hydrogen) atoms. The van der Waals surface area contributed by atoms with Crippen molar-refractivity contribution < 1.29 is 4.79 Å². The van der Waals surface area contributed by atoms with E-state index in [1.165, 1.54) is 22.2 Å². The van der Waals surface area contributed by atoms with Crippen LogP contribution in [0.25, 0.3) is 10.2 Å². The lowest BCUT2D eigenvalue weighted by atomic mass is 10.4. The number of hydrogen-bond donors (Lipinski definition) is 2. The van der Waals surface area contributed by atoms with Crippen molar-refractivity contribution in [2.24, 2.45) is 7.05 Å². The Labute approximate surface area is 128 Å². The Morgan fingerprint density at radius 1 is 1.41 bits per heavy atom. The third kappa shape index (κ3) is 2.46. The number of nitrogens with one attached hydrogen (secondary N) is 2. The Balaban J connectivity index is 1.75. The van der Waals surface area contributed by atoms with E-state index in [4.69, 9.17) is 0 Å². The van der Waals surface area contributed by atoms with Crippen LogP contribution in [0.5, 0.6) is 0 Å². The molecule has 0 aliphatic heterocycles. The molecule has 0 unspecified atom stereocenters. The average molecular weight is 319 g/mol. The van der Waals surface area contributed by atoms with Gasteiger partial charge in [0.1, 0.15) is 10.4 Å². The summed E-state index contributed by atoms with van der Waals surface area (Å²) in [6.07, 6.45) is 1.52. The minimum Gasteiger partial charge on any atom is -0.349 e. The van der Waals surface area contributed by atoms with Gasteiger partial charge in [-0.25, -0.2) is 4.79 Å². The number of amides is 1. The van der Waals surface area contributed by atoms with E-state index in [1.807, 2.05) is 0 Å². The van der Waals surface area contributed by atoms with Gasteiger partial charge in [-0.1, -0.05) is 0 Å². The number of thiophene rings is 1. The van der Waals surface area contributed by atoms with Gasteiger partial charge in [0, 0.05) is 26.3 Å². The van der Waals surface area contributed by atoms with Gasteiger partial charge >= 0.3 is 5.69 Å². The van der Waals surface area contributed by atoms with Gasteiger partial charge in [0.05, 0.1) is 5.52 Å². The highest BCUT2D eigenvalue weighted by atomic mass is 32.1. The van der Waals surface area contributed by atoms with E-state index in [1.54, 1.807) is 24.6 Å². The monoisotopic (exact) mass is 319 g/mol. The van der Waals surface area contributed by atoms with Gasteiger partial charge in [-0.3, -0.25) is 18.8 Å². The highest BCUT2D eigenvalue weighted by molar-refractivity contribution is 7.17. The predicted octanol–water partition coefficient (Wildman–Crippen LogP) is -0.0852. The van der Waals surface area contributed by atoms with Gasteiger partial charge in [-0.05, 0) is 17.5 Å². The first-order chi connectivity index (χ1) is 10.6. The second-order valence-electron chi connectivity index (χ2n) is 4.65. The number of hydrogen-bond acceptors (Lipinski definition) is 5. The smallest absolute Gasteiger partial charge is 0.328 e. The first-order valence-corrected chi connectivity index (χ1v) is 7.42. The molecule has 3 aromatic rings. The molecule has 0 aliphatic carbocycles. The lowest BCUT2D eigenvalue weighted by molar-refractivity contribution is 0.0942. The molecule has 0 radical (unpaired) electrons. The molecular formula is C13H13N5O3S. The van der Waals surface area contributed by atoms with Crippen LogP contribution in [-0.2, 0) is 13.6 Å². The molecule has 1 amide bonds. The van der Waals surface area contributed by atoms with Gasteiger partial charge in [0.2, 0.25) is 0 Å². The van der Waals surface area contributed by atoms with Gasteiger partial charge in [0.25, 0.3) is 11.5 Å². The minimum atomic E-state index is -0.481. The number of H-pyrrole nitrogens is 1. The van der Waals surface area contributed by atoms with Crippen LogP contribution in [0.1, 0.15) is 10.5 Å². The topological polar surface area (TPSA) is 102 Å². The molecule has 3 aromatic heterocycles. The van der Waals surface area contributed by atoms with Crippen LogP contribution in [-0.4, -0.2) is 31.8 Å². The van der Waals surface area contributed by atoms with E-state index in [-0.39, 0.29) is 24.6 Å². The molecule has 2 N–H and O–H groups in total. The quantitative estimate of drug-likeness (QED) is 0.702. The van der Waals surface area contributed by atoms with E-state index in [0.29, 0.717) is 15.9 Å². The first-order valence-electron chi connectivity index (χ1n) is 6.54. The summed E-state index contributed by atoms with van der Waals surface area (Å²) in [5.74, 6) is -0.304. The summed E-state index contributed by atoms with van der Waals surface area (Å²) >= 11 is 1.27. The molecule has 0 bridgehead atoms. The Hall–Kier alpha value is -2.68. The van der Waals surface area contributed by atoms with Crippen molar-refractivity contribution in [3.05, 3.63) is 50.2 Å². The van der Waals surface area contributed by atoms with Crippen molar-refractivity contribution >= 4 is 27.5 Å². The molecule has 114 valence electrons. The van der Waals surface area contributed by atoms with Crippen LogP contribution < -0.4 is 16.6 Å².